The fourth-order valence-electron chi connectivity index (χ4n) is 3.93. The van der Waals surface area contributed by atoms with Crippen molar-refractivity contribution in [2.24, 2.45) is 0 Å². The Balaban J connectivity index is 0.00000289. The fourth-order valence-corrected chi connectivity index (χ4v) is 3.93. The van der Waals surface area contributed by atoms with Gasteiger partial charge in [-0.3, -0.25) is 4.90 Å². The summed E-state index contributed by atoms with van der Waals surface area (Å²) in [5.74, 6) is -2.54. The highest BCUT2D eigenvalue weighted by atomic mass is 35.5. The van der Waals surface area contributed by atoms with Crippen molar-refractivity contribution in [3.05, 3.63) is 94.8 Å². The van der Waals surface area contributed by atoms with Gasteiger partial charge >= 0.3 is 0 Å². The van der Waals surface area contributed by atoms with E-state index >= 15 is 0 Å². The van der Waals surface area contributed by atoms with Crippen molar-refractivity contribution in [1.82, 2.24) is 4.90 Å². The molecule has 0 radical (unpaired) electrons. The Morgan fingerprint density at radius 1 is 0.906 bits per heavy atom. The number of hydrogen-bond donors (Lipinski definition) is 1. The predicted octanol–water partition coefficient (Wildman–Crippen LogP) is 6.54. The Morgan fingerprint density at radius 3 is 2.12 bits per heavy atom. The Kier molecular flexibility index (Phi) is 7.64. The van der Waals surface area contributed by atoms with Crippen LogP contribution in [0, 0.1) is 24.4 Å². The van der Waals surface area contributed by atoms with Crippen molar-refractivity contribution >= 4 is 18.0 Å². The number of halogens is 4. The summed E-state index contributed by atoms with van der Waals surface area (Å²) in [5.41, 5.74) is 4.00. The van der Waals surface area contributed by atoms with Crippen LogP contribution in [0.2, 0.25) is 0 Å². The van der Waals surface area contributed by atoms with Crippen molar-refractivity contribution in [2.45, 2.75) is 19.8 Å². The molecular weight excluding hydrogens is 435 g/mol. The van der Waals surface area contributed by atoms with Gasteiger partial charge in [-0.05, 0) is 60.2 Å². The van der Waals surface area contributed by atoms with Crippen LogP contribution in [0.25, 0.3) is 16.7 Å². The Hall–Kier alpha value is -2.76. The lowest BCUT2D eigenvalue weighted by atomic mass is 9.96. The minimum absolute atomic E-state index is 0. The Labute approximate surface area is 192 Å². The van der Waals surface area contributed by atoms with Crippen molar-refractivity contribution in [1.29, 1.82) is 0 Å². The topological polar surface area (TPSA) is 23.5 Å². The summed E-state index contributed by atoms with van der Waals surface area (Å²) in [7, 11) is 0. The van der Waals surface area contributed by atoms with Crippen LogP contribution in [0.3, 0.4) is 0 Å². The molecule has 168 valence electrons. The molecule has 2 nitrogen and oxygen atoms in total. The molecule has 1 heterocycles. The van der Waals surface area contributed by atoms with Crippen LogP contribution >= 0.6 is 12.4 Å². The molecule has 0 unspecified atom stereocenters. The number of aromatic hydroxyl groups is 1. The second-order valence-electron chi connectivity index (χ2n) is 7.93. The van der Waals surface area contributed by atoms with Gasteiger partial charge < -0.3 is 5.11 Å². The lowest BCUT2D eigenvalue weighted by molar-refractivity contribution is 0.305. The first-order valence-corrected chi connectivity index (χ1v) is 10.4. The van der Waals surface area contributed by atoms with Crippen LogP contribution in [0.5, 0.6) is 5.75 Å². The fraction of sp³-hybridized carbons (Fsp3) is 0.231. The SMILES string of the molecule is Cc1c(F)c(F)cc(C2=CCN(CCc3ccc(-c4ccc(O)cc4)cc3)CC2)c1F.Cl. The van der Waals surface area contributed by atoms with Gasteiger partial charge in [0.15, 0.2) is 11.6 Å². The first kappa shape index (κ1) is 23.9. The van der Waals surface area contributed by atoms with Crippen LogP contribution in [0.1, 0.15) is 23.1 Å². The maximum atomic E-state index is 14.4. The zero-order valence-corrected chi connectivity index (χ0v) is 18.6. The molecule has 0 fully saturated rings. The van der Waals surface area contributed by atoms with E-state index in [0.29, 0.717) is 13.0 Å². The quantitative estimate of drug-likeness (QED) is 0.438. The molecule has 3 aromatic carbocycles. The highest BCUT2D eigenvalue weighted by molar-refractivity contribution is 5.85. The van der Waals surface area contributed by atoms with Gasteiger partial charge in [0, 0.05) is 30.8 Å². The number of hydrogen-bond acceptors (Lipinski definition) is 2. The molecule has 0 saturated heterocycles. The summed E-state index contributed by atoms with van der Waals surface area (Å²) in [4.78, 5) is 2.27. The zero-order chi connectivity index (χ0) is 22.0. The lowest BCUT2D eigenvalue weighted by Gasteiger charge is -2.27. The van der Waals surface area contributed by atoms with Crippen molar-refractivity contribution in [3.63, 3.8) is 0 Å². The van der Waals surface area contributed by atoms with Crippen LogP contribution in [0.4, 0.5) is 13.2 Å². The van der Waals surface area contributed by atoms with E-state index in [4.69, 9.17) is 0 Å². The van der Waals surface area contributed by atoms with Gasteiger partial charge in [-0.2, -0.15) is 0 Å². The summed E-state index contributed by atoms with van der Waals surface area (Å²) in [5, 5.41) is 9.41. The Bertz CT molecular complexity index is 1110. The van der Waals surface area contributed by atoms with E-state index in [1.807, 2.05) is 18.2 Å². The summed E-state index contributed by atoms with van der Waals surface area (Å²) in [6.07, 6.45) is 3.39. The van der Waals surface area contributed by atoms with Crippen LogP contribution < -0.4 is 0 Å². The molecule has 0 spiro atoms. The van der Waals surface area contributed by atoms with Gasteiger partial charge in [0.2, 0.25) is 0 Å². The molecule has 1 aliphatic rings. The van der Waals surface area contributed by atoms with E-state index in [1.54, 1.807) is 12.1 Å². The van der Waals surface area contributed by atoms with E-state index in [0.717, 1.165) is 42.3 Å². The molecule has 1 N–H and O–H groups in total. The largest absolute Gasteiger partial charge is 0.508 e. The summed E-state index contributed by atoms with van der Waals surface area (Å²) in [6, 6.07) is 16.4. The minimum atomic E-state index is -1.12. The molecule has 0 aliphatic carbocycles. The van der Waals surface area contributed by atoms with Gasteiger partial charge in [0.1, 0.15) is 11.6 Å². The Morgan fingerprint density at radius 2 is 1.53 bits per heavy atom. The third-order valence-corrected chi connectivity index (χ3v) is 5.89. The molecule has 0 atom stereocenters. The maximum Gasteiger partial charge on any atom is 0.164 e. The van der Waals surface area contributed by atoms with E-state index < -0.39 is 17.5 Å². The summed E-state index contributed by atoms with van der Waals surface area (Å²) < 4.78 is 41.7. The normalized spacial score (nSPS) is 14.1. The summed E-state index contributed by atoms with van der Waals surface area (Å²) >= 11 is 0. The van der Waals surface area contributed by atoms with Crippen LogP contribution in [0.15, 0.2) is 60.7 Å². The molecule has 0 bridgehead atoms. The zero-order valence-electron chi connectivity index (χ0n) is 17.7. The van der Waals surface area contributed by atoms with E-state index in [1.165, 1.54) is 12.5 Å². The van der Waals surface area contributed by atoms with E-state index in [9.17, 15) is 18.3 Å². The predicted molar refractivity (Wildman–Crippen MR) is 125 cm³/mol. The lowest BCUT2D eigenvalue weighted by Crippen LogP contribution is -2.30. The van der Waals surface area contributed by atoms with Gasteiger partial charge in [-0.25, -0.2) is 13.2 Å². The first-order chi connectivity index (χ1) is 14.9. The molecule has 32 heavy (non-hydrogen) atoms. The monoisotopic (exact) mass is 459 g/mol. The average molecular weight is 460 g/mol. The average Bonchev–Trinajstić information content (AvgIpc) is 2.80. The van der Waals surface area contributed by atoms with Gasteiger partial charge in [0.25, 0.3) is 0 Å². The highest BCUT2D eigenvalue weighted by Gasteiger charge is 2.20. The van der Waals surface area contributed by atoms with Gasteiger partial charge in [0.05, 0.1) is 0 Å². The number of rotatable bonds is 5. The molecule has 4 rings (SSSR count). The molecule has 3 aromatic rings. The van der Waals surface area contributed by atoms with E-state index in [-0.39, 0.29) is 29.3 Å². The second kappa shape index (κ2) is 10.2. The maximum absolute atomic E-state index is 14.4. The minimum Gasteiger partial charge on any atom is -0.508 e. The van der Waals surface area contributed by atoms with Crippen molar-refractivity contribution < 1.29 is 18.3 Å². The van der Waals surface area contributed by atoms with Gasteiger partial charge in [-0.1, -0.05) is 42.5 Å². The highest BCUT2D eigenvalue weighted by Crippen LogP contribution is 2.29. The molecule has 0 saturated carbocycles. The molecule has 1 aliphatic heterocycles. The van der Waals surface area contributed by atoms with Crippen molar-refractivity contribution in [3.8, 4) is 16.9 Å². The standard InChI is InChI=1S/C26H24F3NO.ClH/c1-17-25(28)23(16-24(27)26(17)29)21-11-14-30(15-12-21)13-10-18-2-4-19(5-3-18)20-6-8-22(31)9-7-20;/h2-9,11,16,31H,10,12-15H2,1H3;1H. The number of nitrogens with zero attached hydrogens (tertiary/aromatic N) is 1. The molecule has 0 amide bonds. The van der Waals surface area contributed by atoms with Crippen LogP contribution in [-0.4, -0.2) is 29.6 Å². The second-order valence-corrected chi connectivity index (χ2v) is 7.93. The van der Waals surface area contributed by atoms with Gasteiger partial charge in [-0.15, -0.1) is 12.4 Å². The smallest absolute Gasteiger partial charge is 0.164 e. The molecule has 6 heteroatoms. The van der Waals surface area contributed by atoms with Crippen LogP contribution in [-0.2, 0) is 6.42 Å². The van der Waals surface area contributed by atoms with Crippen molar-refractivity contribution in [2.75, 3.05) is 19.6 Å². The molecular formula is C26H25ClF3NO. The molecule has 0 aromatic heterocycles. The third kappa shape index (κ3) is 5.17. The first-order valence-electron chi connectivity index (χ1n) is 10.4. The summed E-state index contributed by atoms with van der Waals surface area (Å²) in [6.45, 7) is 3.52. The number of benzene rings is 3. The van der Waals surface area contributed by atoms with E-state index in [2.05, 4.69) is 29.2 Å². The number of phenols is 1. The third-order valence-electron chi connectivity index (χ3n) is 5.89. The number of phenolic OH excluding ortho intramolecular Hbond substituents is 1.